The molecule has 2 atom stereocenters. The van der Waals surface area contributed by atoms with Crippen LogP contribution < -0.4 is 5.73 Å². The number of carbonyl (C=O) groups excluding carboxylic acids is 1. The topological polar surface area (TPSA) is 46.3 Å². The molecule has 0 saturated carbocycles. The summed E-state index contributed by atoms with van der Waals surface area (Å²) in [6.45, 7) is 9.00. The van der Waals surface area contributed by atoms with Gasteiger partial charge in [-0.05, 0) is 33.1 Å². The number of carbonyl (C=O) groups is 1. The summed E-state index contributed by atoms with van der Waals surface area (Å²) in [6, 6.07) is -0.371. The standard InChI is InChI=1S/C10H20N2O/c1-7-5-10(3,4)12(6-7)9(13)8(2)11/h7-8H,5-6,11H2,1-4H3. The fourth-order valence-corrected chi connectivity index (χ4v) is 2.22. The van der Waals surface area contributed by atoms with Gasteiger partial charge in [-0.1, -0.05) is 6.92 Å². The number of rotatable bonds is 1. The van der Waals surface area contributed by atoms with Gasteiger partial charge in [-0.15, -0.1) is 0 Å². The zero-order valence-corrected chi connectivity index (χ0v) is 9.00. The fourth-order valence-electron chi connectivity index (χ4n) is 2.22. The minimum Gasteiger partial charge on any atom is -0.336 e. The third-order valence-electron chi connectivity index (χ3n) is 2.73. The molecule has 0 aliphatic carbocycles. The first-order valence-corrected chi connectivity index (χ1v) is 4.91. The molecule has 1 fully saturated rings. The van der Waals surface area contributed by atoms with Crippen LogP contribution in [-0.4, -0.2) is 28.9 Å². The van der Waals surface area contributed by atoms with Gasteiger partial charge in [0, 0.05) is 12.1 Å². The van der Waals surface area contributed by atoms with Crippen molar-refractivity contribution in [2.24, 2.45) is 11.7 Å². The normalized spacial score (nSPS) is 29.0. The molecular formula is C10H20N2O. The van der Waals surface area contributed by atoms with Crippen LogP contribution in [-0.2, 0) is 4.79 Å². The van der Waals surface area contributed by atoms with E-state index in [9.17, 15) is 4.79 Å². The van der Waals surface area contributed by atoms with E-state index in [0.29, 0.717) is 5.92 Å². The van der Waals surface area contributed by atoms with Crippen LogP contribution in [0.15, 0.2) is 0 Å². The van der Waals surface area contributed by atoms with E-state index >= 15 is 0 Å². The Kier molecular flexibility index (Phi) is 2.66. The Bertz CT molecular complexity index is 211. The van der Waals surface area contributed by atoms with Gasteiger partial charge in [0.05, 0.1) is 6.04 Å². The van der Waals surface area contributed by atoms with E-state index in [2.05, 4.69) is 20.8 Å². The summed E-state index contributed by atoms with van der Waals surface area (Å²) in [7, 11) is 0. The summed E-state index contributed by atoms with van der Waals surface area (Å²) in [5.41, 5.74) is 5.58. The molecule has 0 spiro atoms. The van der Waals surface area contributed by atoms with Crippen molar-refractivity contribution in [2.45, 2.75) is 45.7 Å². The molecule has 3 heteroatoms. The van der Waals surface area contributed by atoms with E-state index in [-0.39, 0.29) is 17.5 Å². The van der Waals surface area contributed by atoms with Gasteiger partial charge in [-0.2, -0.15) is 0 Å². The van der Waals surface area contributed by atoms with Crippen molar-refractivity contribution in [3.8, 4) is 0 Å². The van der Waals surface area contributed by atoms with E-state index in [0.717, 1.165) is 13.0 Å². The maximum Gasteiger partial charge on any atom is 0.239 e. The van der Waals surface area contributed by atoms with Crippen molar-refractivity contribution >= 4 is 5.91 Å². The summed E-state index contributed by atoms with van der Waals surface area (Å²) in [4.78, 5) is 13.6. The minimum atomic E-state index is -0.371. The highest BCUT2D eigenvalue weighted by molar-refractivity contribution is 5.82. The lowest BCUT2D eigenvalue weighted by Gasteiger charge is -2.32. The van der Waals surface area contributed by atoms with Crippen LogP contribution in [0.3, 0.4) is 0 Å². The highest BCUT2D eigenvalue weighted by Gasteiger charge is 2.39. The quantitative estimate of drug-likeness (QED) is 0.660. The molecule has 1 aliphatic heterocycles. The molecule has 2 N–H and O–H groups in total. The average Bonchev–Trinajstić information content (AvgIpc) is 2.22. The van der Waals surface area contributed by atoms with Crippen molar-refractivity contribution in [3.05, 3.63) is 0 Å². The number of hydrogen-bond acceptors (Lipinski definition) is 2. The van der Waals surface area contributed by atoms with Crippen LogP contribution in [0.5, 0.6) is 0 Å². The Labute approximate surface area is 80.3 Å². The molecule has 0 bridgehead atoms. The van der Waals surface area contributed by atoms with E-state index in [1.807, 2.05) is 4.90 Å². The molecule has 1 saturated heterocycles. The SMILES string of the molecule is CC1CN(C(=O)C(C)N)C(C)(C)C1. The largest absolute Gasteiger partial charge is 0.336 e. The molecule has 3 nitrogen and oxygen atoms in total. The van der Waals surface area contributed by atoms with Crippen molar-refractivity contribution < 1.29 is 4.79 Å². The van der Waals surface area contributed by atoms with Gasteiger partial charge in [0.25, 0.3) is 0 Å². The van der Waals surface area contributed by atoms with Crippen LogP contribution in [0.25, 0.3) is 0 Å². The number of amides is 1. The fraction of sp³-hybridized carbons (Fsp3) is 0.900. The number of hydrogen-bond donors (Lipinski definition) is 1. The van der Waals surface area contributed by atoms with Gasteiger partial charge in [0.2, 0.25) is 5.91 Å². The maximum atomic E-state index is 11.7. The van der Waals surface area contributed by atoms with E-state index in [1.54, 1.807) is 6.92 Å². The molecule has 13 heavy (non-hydrogen) atoms. The lowest BCUT2D eigenvalue weighted by atomic mass is 9.97. The molecule has 1 aliphatic rings. The van der Waals surface area contributed by atoms with Crippen molar-refractivity contribution in [2.75, 3.05) is 6.54 Å². The minimum absolute atomic E-state index is 0.00979. The van der Waals surface area contributed by atoms with Gasteiger partial charge in [-0.3, -0.25) is 4.79 Å². The van der Waals surface area contributed by atoms with Crippen molar-refractivity contribution in [1.82, 2.24) is 4.90 Å². The second kappa shape index (κ2) is 3.29. The summed E-state index contributed by atoms with van der Waals surface area (Å²) < 4.78 is 0. The Morgan fingerprint density at radius 3 is 2.46 bits per heavy atom. The van der Waals surface area contributed by atoms with Gasteiger partial charge in [0.15, 0.2) is 0 Å². The average molecular weight is 184 g/mol. The molecule has 2 unspecified atom stereocenters. The Hall–Kier alpha value is -0.570. The van der Waals surface area contributed by atoms with Gasteiger partial charge in [-0.25, -0.2) is 0 Å². The predicted octanol–water partition coefficient (Wildman–Crippen LogP) is 0.981. The van der Waals surface area contributed by atoms with Crippen molar-refractivity contribution in [1.29, 1.82) is 0 Å². The van der Waals surface area contributed by atoms with Crippen molar-refractivity contribution in [3.63, 3.8) is 0 Å². The Morgan fingerprint density at radius 2 is 2.15 bits per heavy atom. The molecule has 1 rings (SSSR count). The summed E-state index contributed by atoms with van der Waals surface area (Å²) >= 11 is 0. The smallest absolute Gasteiger partial charge is 0.239 e. The van der Waals surface area contributed by atoms with E-state index < -0.39 is 0 Å². The van der Waals surface area contributed by atoms with Gasteiger partial charge >= 0.3 is 0 Å². The van der Waals surface area contributed by atoms with E-state index in [4.69, 9.17) is 5.73 Å². The number of nitrogens with zero attached hydrogens (tertiary/aromatic N) is 1. The monoisotopic (exact) mass is 184 g/mol. The lowest BCUT2D eigenvalue weighted by Crippen LogP contribution is -2.49. The lowest BCUT2D eigenvalue weighted by molar-refractivity contribution is -0.135. The first-order valence-electron chi connectivity index (χ1n) is 4.91. The first kappa shape index (κ1) is 10.5. The molecule has 0 aromatic carbocycles. The molecule has 0 radical (unpaired) electrons. The van der Waals surface area contributed by atoms with Gasteiger partial charge in [0.1, 0.15) is 0 Å². The zero-order valence-electron chi connectivity index (χ0n) is 9.00. The second-order valence-electron chi connectivity index (χ2n) is 4.86. The third-order valence-corrected chi connectivity index (χ3v) is 2.73. The molecule has 76 valence electrons. The third kappa shape index (κ3) is 2.02. The first-order chi connectivity index (χ1) is 5.84. The maximum absolute atomic E-state index is 11.7. The Balaban J connectivity index is 2.75. The summed E-state index contributed by atoms with van der Waals surface area (Å²) in [6.07, 6.45) is 1.07. The van der Waals surface area contributed by atoms with Crippen LogP contribution >= 0.6 is 0 Å². The molecular weight excluding hydrogens is 164 g/mol. The molecule has 0 aromatic heterocycles. The highest BCUT2D eigenvalue weighted by Crippen LogP contribution is 2.32. The van der Waals surface area contributed by atoms with Gasteiger partial charge < -0.3 is 10.6 Å². The predicted molar refractivity (Wildman–Crippen MR) is 53.2 cm³/mol. The Morgan fingerprint density at radius 1 is 1.62 bits per heavy atom. The van der Waals surface area contributed by atoms with Crippen LogP contribution in [0.4, 0.5) is 0 Å². The van der Waals surface area contributed by atoms with Crippen LogP contribution in [0.1, 0.15) is 34.1 Å². The number of likely N-dealkylation sites (tertiary alicyclic amines) is 1. The van der Waals surface area contributed by atoms with E-state index in [1.165, 1.54) is 0 Å². The summed E-state index contributed by atoms with van der Waals surface area (Å²) in [5, 5.41) is 0. The van der Waals surface area contributed by atoms with Crippen LogP contribution in [0, 0.1) is 5.92 Å². The second-order valence-corrected chi connectivity index (χ2v) is 4.86. The van der Waals surface area contributed by atoms with Crippen LogP contribution in [0.2, 0.25) is 0 Å². The molecule has 0 aromatic rings. The number of nitrogens with two attached hydrogens (primary N) is 1. The zero-order chi connectivity index (χ0) is 10.2. The summed E-state index contributed by atoms with van der Waals surface area (Å²) in [5.74, 6) is 0.673. The molecule has 1 heterocycles. The highest BCUT2D eigenvalue weighted by atomic mass is 16.2. The molecule has 1 amide bonds.